The van der Waals surface area contributed by atoms with E-state index >= 15 is 0 Å². The van der Waals surface area contributed by atoms with Gasteiger partial charge in [-0.2, -0.15) is 11.8 Å². The Morgan fingerprint density at radius 1 is 1.35 bits per heavy atom. The van der Waals surface area contributed by atoms with Crippen LogP contribution in [0.15, 0.2) is 0 Å². The van der Waals surface area contributed by atoms with Crippen LogP contribution >= 0.6 is 23.1 Å². The first kappa shape index (κ1) is 18.0. The lowest BCUT2D eigenvalue weighted by Gasteiger charge is -2.20. The Labute approximate surface area is 131 Å². The van der Waals surface area contributed by atoms with Crippen molar-refractivity contribution in [2.45, 2.75) is 59.1 Å². The van der Waals surface area contributed by atoms with E-state index in [2.05, 4.69) is 39.9 Å². The number of thiazole rings is 1. The van der Waals surface area contributed by atoms with Gasteiger partial charge in [-0.05, 0) is 32.4 Å². The minimum atomic E-state index is 0.126. The minimum absolute atomic E-state index is 0.126. The lowest BCUT2D eigenvalue weighted by molar-refractivity contribution is 0.181. The summed E-state index contributed by atoms with van der Waals surface area (Å²) in [6.45, 7) is 12.5. The molecule has 0 saturated heterocycles. The first-order valence-corrected chi connectivity index (χ1v) is 9.08. The van der Waals surface area contributed by atoms with E-state index in [4.69, 9.17) is 9.72 Å². The van der Waals surface area contributed by atoms with Crippen LogP contribution in [0, 0.1) is 5.92 Å². The molecular weight excluding hydrogens is 288 g/mol. The number of rotatable bonds is 8. The first-order valence-electron chi connectivity index (χ1n) is 7.11. The van der Waals surface area contributed by atoms with E-state index in [1.807, 2.05) is 23.1 Å². The van der Waals surface area contributed by atoms with Crippen LogP contribution in [0.3, 0.4) is 0 Å². The van der Waals surface area contributed by atoms with Gasteiger partial charge in [0.05, 0.1) is 12.3 Å². The molecule has 0 saturated carbocycles. The number of methoxy groups -OCH3 is 1. The highest BCUT2D eigenvalue weighted by Gasteiger charge is 2.14. The zero-order chi connectivity index (χ0) is 15.2. The molecule has 0 spiro atoms. The highest BCUT2D eigenvalue weighted by Crippen LogP contribution is 2.24. The van der Waals surface area contributed by atoms with Crippen LogP contribution in [0.1, 0.15) is 50.2 Å². The lowest BCUT2D eigenvalue weighted by atomic mass is 10.1. The number of nitrogens with one attached hydrogen (secondary N) is 1. The summed E-state index contributed by atoms with van der Waals surface area (Å²) in [5.41, 5.74) is 1.22. The van der Waals surface area contributed by atoms with E-state index in [1.54, 1.807) is 7.11 Å². The molecule has 0 amide bonds. The van der Waals surface area contributed by atoms with Crippen LogP contribution in [0.2, 0.25) is 0 Å². The molecule has 0 radical (unpaired) electrons. The summed E-state index contributed by atoms with van der Waals surface area (Å²) in [6, 6.07) is 0. The van der Waals surface area contributed by atoms with E-state index in [-0.39, 0.29) is 5.54 Å². The van der Waals surface area contributed by atoms with Crippen molar-refractivity contribution in [3.8, 4) is 0 Å². The van der Waals surface area contributed by atoms with E-state index in [0.717, 1.165) is 23.9 Å². The van der Waals surface area contributed by atoms with Crippen molar-refractivity contribution in [3.05, 3.63) is 15.6 Å². The topological polar surface area (TPSA) is 34.1 Å². The monoisotopic (exact) mass is 316 g/mol. The molecule has 0 aliphatic heterocycles. The van der Waals surface area contributed by atoms with E-state index < -0.39 is 0 Å². The van der Waals surface area contributed by atoms with E-state index in [1.165, 1.54) is 15.6 Å². The Morgan fingerprint density at radius 3 is 2.60 bits per heavy atom. The standard InChI is InChI=1S/C15H28N2OS2/c1-11(2)9-19-10-14-17-12(8-18-6)13(20-14)7-16-15(3,4)5/h11,16H,7-10H2,1-6H3. The smallest absolute Gasteiger partial charge is 0.103 e. The van der Waals surface area contributed by atoms with Gasteiger partial charge in [0.25, 0.3) is 0 Å². The zero-order valence-electron chi connectivity index (χ0n) is 13.6. The van der Waals surface area contributed by atoms with Crippen LogP contribution in [0.25, 0.3) is 0 Å². The molecule has 0 aromatic carbocycles. The second-order valence-electron chi connectivity index (χ2n) is 6.42. The lowest BCUT2D eigenvalue weighted by Crippen LogP contribution is -2.35. The maximum atomic E-state index is 5.27. The van der Waals surface area contributed by atoms with Crippen molar-refractivity contribution >= 4 is 23.1 Å². The van der Waals surface area contributed by atoms with Gasteiger partial charge in [0, 0.05) is 29.8 Å². The molecule has 0 unspecified atom stereocenters. The van der Waals surface area contributed by atoms with Gasteiger partial charge in [-0.25, -0.2) is 4.98 Å². The maximum Gasteiger partial charge on any atom is 0.103 e. The van der Waals surface area contributed by atoms with Gasteiger partial charge in [-0.15, -0.1) is 11.3 Å². The van der Waals surface area contributed by atoms with Crippen LogP contribution in [0.4, 0.5) is 0 Å². The molecule has 0 atom stereocenters. The van der Waals surface area contributed by atoms with E-state index in [0.29, 0.717) is 6.61 Å². The number of hydrogen-bond donors (Lipinski definition) is 1. The molecule has 0 bridgehead atoms. The molecule has 1 N–H and O–H groups in total. The summed E-state index contributed by atoms with van der Waals surface area (Å²) >= 11 is 3.78. The van der Waals surface area contributed by atoms with Gasteiger partial charge in [-0.3, -0.25) is 0 Å². The summed E-state index contributed by atoms with van der Waals surface area (Å²) in [7, 11) is 1.73. The molecule has 116 valence electrons. The average molecular weight is 317 g/mol. The van der Waals surface area contributed by atoms with Gasteiger partial charge in [-0.1, -0.05) is 13.8 Å². The van der Waals surface area contributed by atoms with Crippen molar-refractivity contribution in [1.82, 2.24) is 10.3 Å². The molecule has 3 nitrogen and oxygen atoms in total. The van der Waals surface area contributed by atoms with Gasteiger partial charge >= 0.3 is 0 Å². The summed E-state index contributed by atoms with van der Waals surface area (Å²) in [4.78, 5) is 6.04. The molecule has 1 rings (SSSR count). The SMILES string of the molecule is COCc1nc(CSCC(C)C)sc1CNC(C)(C)C. The zero-order valence-corrected chi connectivity index (χ0v) is 15.2. The van der Waals surface area contributed by atoms with Gasteiger partial charge in [0.2, 0.25) is 0 Å². The second-order valence-corrected chi connectivity index (χ2v) is 8.62. The van der Waals surface area contributed by atoms with Crippen molar-refractivity contribution in [1.29, 1.82) is 0 Å². The minimum Gasteiger partial charge on any atom is -0.378 e. The molecular formula is C15H28N2OS2. The van der Waals surface area contributed by atoms with Crippen molar-refractivity contribution in [2.75, 3.05) is 12.9 Å². The van der Waals surface area contributed by atoms with Crippen LogP contribution in [-0.4, -0.2) is 23.4 Å². The number of ether oxygens (including phenoxy) is 1. The Morgan fingerprint density at radius 2 is 2.05 bits per heavy atom. The molecule has 1 aromatic rings. The third kappa shape index (κ3) is 7.07. The fourth-order valence-electron chi connectivity index (χ4n) is 1.61. The number of hydrogen-bond acceptors (Lipinski definition) is 5. The Balaban J connectivity index is 2.64. The fourth-order valence-corrected chi connectivity index (χ4v) is 3.73. The highest BCUT2D eigenvalue weighted by atomic mass is 32.2. The van der Waals surface area contributed by atoms with E-state index in [9.17, 15) is 0 Å². The number of thioether (sulfide) groups is 1. The summed E-state index contributed by atoms with van der Waals surface area (Å²) < 4.78 is 5.27. The quantitative estimate of drug-likeness (QED) is 0.784. The predicted molar refractivity (Wildman–Crippen MR) is 90.4 cm³/mol. The van der Waals surface area contributed by atoms with Crippen LogP contribution in [0.5, 0.6) is 0 Å². The number of aromatic nitrogens is 1. The predicted octanol–water partition coefficient (Wildman–Crippen LogP) is 4.07. The average Bonchev–Trinajstić information content (AvgIpc) is 2.68. The molecule has 1 aromatic heterocycles. The Kier molecular flexibility index (Phi) is 7.51. The van der Waals surface area contributed by atoms with Crippen molar-refractivity contribution < 1.29 is 4.74 Å². The van der Waals surface area contributed by atoms with Crippen molar-refractivity contribution in [3.63, 3.8) is 0 Å². The largest absolute Gasteiger partial charge is 0.378 e. The molecule has 0 aliphatic carbocycles. The first-order chi connectivity index (χ1) is 9.31. The van der Waals surface area contributed by atoms with Crippen molar-refractivity contribution in [2.24, 2.45) is 5.92 Å². The maximum absolute atomic E-state index is 5.27. The third-order valence-electron chi connectivity index (χ3n) is 2.56. The molecule has 20 heavy (non-hydrogen) atoms. The Hall–Kier alpha value is -0.100. The third-order valence-corrected chi connectivity index (χ3v) is 5.22. The fraction of sp³-hybridized carbons (Fsp3) is 0.800. The summed E-state index contributed by atoms with van der Waals surface area (Å²) in [5, 5.41) is 4.75. The molecule has 0 aliphatic rings. The van der Waals surface area contributed by atoms with Gasteiger partial charge in [0.1, 0.15) is 5.01 Å². The Bertz CT molecular complexity index is 397. The molecule has 5 heteroatoms. The van der Waals surface area contributed by atoms with Gasteiger partial charge < -0.3 is 10.1 Å². The second kappa shape index (κ2) is 8.37. The molecule has 0 fully saturated rings. The molecule has 1 heterocycles. The number of nitrogens with zero attached hydrogens (tertiary/aromatic N) is 1. The highest BCUT2D eigenvalue weighted by molar-refractivity contribution is 7.98. The summed E-state index contributed by atoms with van der Waals surface area (Å²) in [5.74, 6) is 2.93. The van der Waals surface area contributed by atoms with Crippen LogP contribution in [-0.2, 0) is 23.6 Å². The van der Waals surface area contributed by atoms with Gasteiger partial charge in [0.15, 0.2) is 0 Å². The normalized spacial score (nSPS) is 12.3. The summed E-state index contributed by atoms with van der Waals surface area (Å²) in [6.07, 6.45) is 0. The van der Waals surface area contributed by atoms with Crippen LogP contribution < -0.4 is 5.32 Å².